The fourth-order valence-corrected chi connectivity index (χ4v) is 6.63. The second-order valence-corrected chi connectivity index (χ2v) is 11.8. The van der Waals surface area contributed by atoms with Gasteiger partial charge < -0.3 is 0 Å². The molecule has 3 aromatic heterocycles. The predicted octanol–water partition coefficient (Wildman–Crippen LogP) is 9.91. The lowest BCUT2D eigenvalue weighted by molar-refractivity contribution is 1.07. The first-order chi connectivity index (χ1) is 23.3. The Labute approximate surface area is 274 Å². The largest absolute Gasteiger partial charge is 0.247 e. The van der Waals surface area contributed by atoms with Crippen LogP contribution in [-0.2, 0) is 0 Å². The van der Waals surface area contributed by atoms with E-state index in [1.165, 1.54) is 11.7 Å². The Bertz CT molecular complexity index is 2490. The van der Waals surface area contributed by atoms with Crippen LogP contribution in [-0.4, -0.2) is 28.7 Å². The maximum atomic E-state index is 5.22. The third-order valence-corrected chi connectivity index (χ3v) is 8.95. The molecule has 0 saturated heterocycles. The van der Waals surface area contributed by atoms with Gasteiger partial charge in [0.15, 0.2) is 17.5 Å². The fraction of sp³-hybridized carbons (Fsp3) is 0. The zero-order valence-corrected chi connectivity index (χ0v) is 25.8. The summed E-state index contributed by atoms with van der Waals surface area (Å²) in [6.45, 7) is 0. The van der Waals surface area contributed by atoms with E-state index < -0.39 is 0 Å². The molecule has 220 valence electrons. The number of nitrogens with zero attached hydrogens (tertiary/aromatic N) is 6. The van der Waals surface area contributed by atoms with E-state index in [2.05, 4.69) is 69.4 Å². The molecule has 6 aromatic carbocycles. The molecule has 6 nitrogen and oxygen atoms in total. The van der Waals surface area contributed by atoms with Gasteiger partial charge in [0, 0.05) is 38.4 Å². The number of pyridine rings is 1. The molecule has 0 amide bonds. The Kier molecular flexibility index (Phi) is 6.54. The molecule has 0 aliphatic rings. The van der Waals surface area contributed by atoms with Crippen LogP contribution in [0.1, 0.15) is 0 Å². The first-order valence-corrected chi connectivity index (χ1v) is 16.0. The summed E-state index contributed by atoms with van der Waals surface area (Å²) < 4.78 is 9.21. The molecule has 3 heterocycles. The van der Waals surface area contributed by atoms with Crippen molar-refractivity contribution in [1.82, 2.24) is 28.7 Å². The number of hydrogen-bond acceptors (Lipinski definition) is 7. The summed E-state index contributed by atoms with van der Waals surface area (Å²) in [6, 6.07) is 49.4. The van der Waals surface area contributed by atoms with Crippen molar-refractivity contribution in [1.29, 1.82) is 0 Å². The Morgan fingerprint density at radius 1 is 0.362 bits per heavy atom. The highest BCUT2D eigenvalue weighted by atomic mass is 32.1. The summed E-state index contributed by atoms with van der Waals surface area (Å²) in [6.07, 6.45) is 0. The fourth-order valence-electron chi connectivity index (χ4n) is 6.08. The van der Waals surface area contributed by atoms with Gasteiger partial charge in [-0.2, -0.15) is 8.75 Å². The molecule has 0 fully saturated rings. The molecule has 0 aliphatic carbocycles. The number of fused-ring (bicyclic) bond motifs is 5. The Morgan fingerprint density at radius 3 is 1.49 bits per heavy atom. The summed E-state index contributed by atoms with van der Waals surface area (Å²) in [5, 5.41) is 3.22. The molecule has 7 heteroatoms. The molecule has 0 N–H and O–H groups in total. The molecule has 0 bridgehead atoms. The molecular formula is C40H24N6S. The molecular weight excluding hydrogens is 597 g/mol. The van der Waals surface area contributed by atoms with Crippen LogP contribution in [0.2, 0.25) is 0 Å². The monoisotopic (exact) mass is 620 g/mol. The molecule has 9 rings (SSSR count). The van der Waals surface area contributed by atoms with E-state index in [9.17, 15) is 0 Å². The van der Waals surface area contributed by atoms with Crippen LogP contribution >= 0.6 is 11.7 Å². The van der Waals surface area contributed by atoms with Gasteiger partial charge in [-0.3, -0.25) is 0 Å². The minimum atomic E-state index is 0.629. The molecule has 0 unspecified atom stereocenters. The lowest BCUT2D eigenvalue weighted by atomic mass is 9.96. The third-order valence-electron chi connectivity index (χ3n) is 8.41. The minimum Gasteiger partial charge on any atom is -0.247 e. The standard InChI is InChI=1S/C40H24N6S/c1-4-10-26(11-5-1)36-32-22-23-33-37(46-47-45-33)35(32)31-21-20-30(24-34(31)41-36)25-16-18-29(19-17-25)40-43-38(27-12-6-2-7-13-27)42-39(44-40)28-14-8-3-9-15-28/h1-24H. The summed E-state index contributed by atoms with van der Waals surface area (Å²) in [5.74, 6) is 1.92. The van der Waals surface area contributed by atoms with Gasteiger partial charge in [-0.05, 0) is 29.3 Å². The Balaban J connectivity index is 1.15. The van der Waals surface area contributed by atoms with Gasteiger partial charge in [-0.25, -0.2) is 19.9 Å². The van der Waals surface area contributed by atoms with E-state index in [1.807, 2.05) is 84.9 Å². The van der Waals surface area contributed by atoms with Gasteiger partial charge in [0.05, 0.1) is 22.9 Å². The molecule has 0 spiro atoms. The first-order valence-electron chi connectivity index (χ1n) is 15.3. The van der Waals surface area contributed by atoms with Gasteiger partial charge >= 0.3 is 0 Å². The van der Waals surface area contributed by atoms with Crippen LogP contribution in [0.5, 0.6) is 0 Å². The zero-order chi connectivity index (χ0) is 31.2. The van der Waals surface area contributed by atoms with Crippen molar-refractivity contribution in [2.45, 2.75) is 0 Å². The van der Waals surface area contributed by atoms with E-state index in [-0.39, 0.29) is 0 Å². The van der Waals surface area contributed by atoms with Crippen LogP contribution in [0.4, 0.5) is 0 Å². The molecule has 0 saturated carbocycles. The van der Waals surface area contributed by atoms with Gasteiger partial charge in [0.2, 0.25) is 0 Å². The maximum Gasteiger partial charge on any atom is 0.164 e. The maximum absolute atomic E-state index is 5.22. The zero-order valence-electron chi connectivity index (χ0n) is 24.9. The van der Waals surface area contributed by atoms with Crippen LogP contribution in [0.15, 0.2) is 146 Å². The molecule has 0 radical (unpaired) electrons. The number of benzene rings is 6. The van der Waals surface area contributed by atoms with E-state index in [1.54, 1.807) is 0 Å². The number of hydrogen-bond donors (Lipinski definition) is 0. The quantitative estimate of drug-likeness (QED) is 0.178. The van der Waals surface area contributed by atoms with Crippen molar-refractivity contribution in [3.8, 4) is 56.5 Å². The van der Waals surface area contributed by atoms with Gasteiger partial charge in [0.25, 0.3) is 0 Å². The van der Waals surface area contributed by atoms with E-state index in [0.717, 1.165) is 71.8 Å². The smallest absolute Gasteiger partial charge is 0.164 e. The van der Waals surface area contributed by atoms with Gasteiger partial charge in [-0.1, -0.05) is 127 Å². The van der Waals surface area contributed by atoms with Crippen molar-refractivity contribution in [2.75, 3.05) is 0 Å². The van der Waals surface area contributed by atoms with E-state index in [0.29, 0.717) is 17.5 Å². The van der Waals surface area contributed by atoms with Crippen molar-refractivity contribution in [3.05, 3.63) is 146 Å². The highest BCUT2D eigenvalue weighted by molar-refractivity contribution is 7.00. The highest BCUT2D eigenvalue weighted by Gasteiger charge is 2.16. The Morgan fingerprint density at radius 2 is 0.872 bits per heavy atom. The number of rotatable bonds is 5. The minimum absolute atomic E-state index is 0.629. The molecule has 47 heavy (non-hydrogen) atoms. The first kappa shape index (κ1) is 27.2. The van der Waals surface area contributed by atoms with E-state index >= 15 is 0 Å². The van der Waals surface area contributed by atoms with Gasteiger partial charge in [-0.15, -0.1) is 0 Å². The van der Waals surface area contributed by atoms with Gasteiger partial charge in [0.1, 0.15) is 11.0 Å². The van der Waals surface area contributed by atoms with Crippen LogP contribution in [0.3, 0.4) is 0 Å². The molecule has 9 aromatic rings. The average Bonchev–Trinajstić information content (AvgIpc) is 3.65. The van der Waals surface area contributed by atoms with Crippen molar-refractivity contribution in [2.24, 2.45) is 0 Å². The second-order valence-electron chi connectivity index (χ2n) is 11.3. The van der Waals surface area contributed by atoms with Crippen LogP contribution in [0.25, 0.3) is 89.3 Å². The van der Waals surface area contributed by atoms with Crippen molar-refractivity contribution in [3.63, 3.8) is 0 Å². The molecule has 0 aliphatic heterocycles. The normalized spacial score (nSPS) is 11.4. The summed E-state index contributed by atoms with van der Waals surface area (Å²) in [5.41, 5.74) is 9.69. The third kappa shape index (κ3) is 4.90. The highest BCUT2D eigenvalue weighted by Crippen LogP contribution is 2.38. The summed E-state index contributed by atoms with van der Waals surface area (Å²) in [7, 11) is 0. The topological polar surface area (TPSA) is 77.3 Å². The molecule has 0 atom stereocenters. The SMILES string of the molecule is c1ccc(-c2nc(-c3ccccc3)nc(-c3ccc(-c4ccc5c(c4)nc(-c4ccccc4)c4ccc6nsnc6c45)cc3)n2)cc1. The predicted molar refractivity (Wildman–Crippen MR) is 191 cm³/mol. The summed E-state index contributed by atoms with van der Waals surface area (Å²) >= 11 is 1.24. The van der Waals surface area contributed by atoms with Crippen molar-refractivity contribution >= 4 is 44.4 Å². The van der Waals surface area contributed by atoms with E-state index in [4.69, 9.17) is 19.9 Å². The average molecular weight is 621 g/mol. The second kappa shape index (κ2) is 11.3. The van der Waals surface area contributed by atoms with Crippen molar-refractivity contribution < 1.29 is 0 Å². The Hall–Kier alpha value is -6.18. The lowest BCUT2D eigenvalue weighted by Crippen LogP contribution is -2.00. The van der Waals surface area contributed by atoms with Crippen LogP contribution in [0, 0.1) is 0 Å². The lowest BCUT2D eigenvalue weighted by Gasteiger charge is -2.12. The number of aromatic nitrogens is 6. The summed E-state index contributed by atoms with van der Waals surface area (Å²) in [4.78, 5) is 19.8. The van der Waals surface area contributed by atoms with Crippen LogP contribution < -0.4 is 0 Å².